The van der Waals surface area contributed by atoms with Crippen LogP contribution in [0.15, 0.2) is 30.3 Å². The van der Waals surface area contributed by atoms with Gasteiger partial charge in [-0.1, -0.05) is 45.9 Å². The van der Waals surface area contributed by atoms with E-state index in [1.165, 1.54) is 0 Å². The molecule has 2 nitrogen and oxygen atoms in total. The van der Waals surface area contributed by atoms with E-state index in [0.717, 1.165) is 5.56 Å². The Kier molecular flexibility index (Phi) is 6.93. The van der Waals surface area contributed by atoms with E-state index in [4.69, 9.17) is 5.11 Å². The first-order valence-electron chi connectivity index (χ1n) is 5.60. The van der Waals surface area contributed by atoms with Gasteiger partial charge < -0.3 is 5.11 Å². The second-order valence-corrected chi connectivity index (χ2v) is 3.48. The summed E-state index contributed by atoms with van der Waals surface area (Å²) in [5.74, 6) is 0.374. The topological polar surface area (TPSA) is 37.3 Å². The summed E-state index contributed by atoms with van der Waals surface area (Å²) in [6, 6.07) is 6.72. The van der Waals surface area contributed by atoms with Crippen molar-refractivity contribution in [1.82, 2.24) is 0 Å². The molecule has 0 amide bonds. The number of aromatic hydroxyl groups is 1. The van der Waals surface area contributed by atoms with Crippen LogP contribution in [0.1, 0.15) is 33.3 Å². The van der Waals surface area contributed by atoms with Crippen LogP contribution in [-0.2, 0) is 4.79 Å². The summed E-state index contributed by atoms with van der Waals surface area (Å²) in [6.07, 6.45) is 3.32. The van der Waals surface area contributed by atoms with Crippen molar-refractivity contribution in [2.45, 2.75) is 27.7 Å². The lowest BCUT2D eigenvalue weighted by Gasteiger charge is -1.97. The molecule has 1 aromatic carbocycles. The Labute approximate surface area is 97.6 Å². The monoisotopic (exact) mass is 220 g/mol. The first-order chi connectivity index (χ1) is 7.59. The van der Waals surface area contributed by atoms with Crippen LogP contribution in [0, 0.1) is 5.92 Å². The maximum Gasteiger partial charge on any atom is 0.158 e. The smallest absolute Gasteiger partial charge is 0.158 e. The fraction of sp³-hybridized carbons (Fsp3) is 0.357. The Balaban J connectivity index is 0.00000106. The zero-order valence-corrected chi connectivity index (χ0v) is 10.4. The van der Waals surface area contributed by atoms with Gasteiger partial charge in [0.1, 0.15) is 5.75 Å². The molecule has 16 heavy (non-hydrogen) atoms. The molecule has 0 bridgehead atoms. The third kappa shape index (κ3) is 5.35. The van der Waals surface area contributed by atoms with Gasteiger partial charge in [0.25, 0.3) is 0 Å². The molecule has 0 unspecified atom stereocenters. The highest BCUT2D eigenvalue weighted by Crippen LogP contribution is 2.11. The Bertz CT molecular complexity index is 334. The lowest BCUT2D eigenvalue weighted by atomic mass is 10.1. The van der Waals surface area contributed by atoms with Crippen LogP contribution in [0.25, 0.3) is 6.08 Å². The molecule has 0 aliphatic rings. The number of allylic oxidation sites excluding steroid dienone is 1. The van der Waals surface area contributed by atoms with Crippen molar-refractivity contribution in [1.29, 1.82) is 0 Å². The second kappa shape index (κ2) is 7.69. The quantitative estimate of drug-likeness (QED) is 0.789. The van der Waals surface area contributed by atoms with Gasteiger partial charge in [0.15, 0.2) is 5.78 Å². The van der Waals surface area contributed by atoms with Crippen LogP contribution < -0.4 is 0 Å². The molecule has 0 fully saturated rings. The molecule has 0 heterocycles. The zero-order valence-electron chi connectivity index (χ0n) is 10.4. The normalized spacial score (nSPS) is 10.1. The summed E-state index contributed by atoms with van der Waals surface area (Å²) in [5, 5.41) is 9.03. The Morgan fingerprint density at radius 1 is 1.19 bits per heavy atom. The van der Waals surface area contributed by atoms with Crippen molar-refractivity contribution in [2.75, 3.05) is 0 Å². The highest BCUT2D eigenvalue weighted by Gasteiger charge is 2.01. The average molecular weight is 220 g/mol. The molecule has 0 saturated heterocycles. The van der Waals surface area contributed by atoms with Crippen molar-refractivity contribution in [2.24, 2.45) is 5.92 Å². The fourth-order valence-electron chi connectivity index (χ4n) is 0.956. The van der Waals surface area contributed by atoms with E-state index in [1.54, 1.807) is 36.4 Å². The van der Waals surface area contributed by atoms with Gasteiger partial charge in [0, 0.05) is 5.92 Å². The van der Waals surface area contributed by atoms with Gasteiger partial charge >= 0.3 is 0 Å². The van der Waals surface area contributed by atoms with E-state index in [2.05, 4.69) is 0 Å². The molecule has 1 rings (SSSR count). The van der Waals surface area contributed by atoms with E-state index in [1.807, 2.05) is 27.7 Å². The lowest BCUT2D eigenvalue weighted by molar-refractivity contribution is -0.117. The number of phenols is 1. The van der Waals surface area contributed by atoms with Gasteiger partial charge in [-0.3, -0.25) is 4.79 Å². The lowest BCUT2D eigenvalue weighted by Crippen LogP contribution is -2.01. The van der Waals surface area contributed by atoms with Crippen LogP contribution >= 0.6 is 0 Å². The Hall–Kier alpha value is -1.57. The predicted octanol–water partition coefficient (Wildman–Crippen LogP) is 3.66. The minimum Gasteiger partial charge on any atom is -0.508 e. The SMILES string of the molecule is CC.CC(C)C(=O)/C=C/c1ccc(O)cc1. The molecule has 0 aliphatic heterocycles. The summed E-state index contributed by atoms with van der Waals surface area (Å²) in [4.78, 5) is 11.2. The fourth-order valence-corrected chi connectivity index (χ4v) is 0.956. The van der Waals surface area contributed by atoms with Crippen LogP contribution in [0.2, 0.25) is 0 Å². The number of hydrogen-bond acceptors (Lipinski definition) is 2. The van der Waals surface area contributed by atoms with Crippen LogP contribution in [0.3, 0.4) is 0 Å². The van der Waals surface area contributed by atoms with E-state index < -0.39 is 0 Å². The van der Waals surface area contributed by atoms with Crippen molar-refractivity contribution in [3.8, 4) is 5.75 Å². The number of phenolic OH excluding ortho intramolecular Hbond substituents is 1. The number of hydrogen-bond donors (Lipinski definition) is 1. The third-order valence-electron chi connectivity index (χ3n) is 1.90. The van der Waals surface area contributed by atoms with Gasteiger partial charge in [-0.2, -0.15) is 0 Å². The van der Waals surface area contributed by atoms with Crippen LogP contribution in [-0.4, -0.2) is 10.9 Å². The number of ketones is 1. The van der Waals surface area contributed by atoms with Gasteiger partial charge in [-0.15, -0.1) is 0 Å². The minimum atomic E-state index is 0.0309. The molecule has 0 radical (unpaired) electrons. The second-order valence-electron chi connectivity index (χ2n) is 3.48. The standard InChI is InChI=1S/C12H14O2.C2H6/c1-9(2)12(14)8-5-10-3-6-11(13)7-4-10;1-2/h3-9,13H,1-2H3;1-2H3/b8-5+;. The number of carbonyl (C=O) groups is 1. The molecule has 0 spiro atoms. The first-order valence-corrected chi connectivity index (χ1v) is 5.60. The minimum absolute atomic E-state index is 0.0309. The molecular weight excluding hydrogens is 200 g/mol. The van der Waals surface area contributed by atoms with Crippen molar-refractivity contribution >= 4 is 11.9 Å². The van der Waals surface area contributed by atoms with E-state index in [9.17, 15) is 4.79 Å². The van der Waals surface area contributed by atoms with Crippen molar-refractivity contribution in [3.05, 3.63) is 35.9 Å². The van der Waals surface area contributed by atoms with Gasteiger partial charge in [-0.05, 0) is 23.8 Å². The molecule has 1 aromatic rings. The van der Waals surface area contributed by atoms with Gasteiger partial charge in [-0.25, -0.2) is 0 Å². The summed E-state index contributed by atoms with van der Waals surface area (Å²) < 4.78 is 0. The Morgan fingerprint density at radius 2 is 1.69 bits per heavy atom. The zero-order chi connectivity index (χ0) is 12.6. The number of carbonyl (C=O) groups excluding carboxylic acids is 1. The predicted molar refractivity (Wildman–Crippen MR) is 68.3 cm³/mol. The maximum atomic E-state index is 11.2. The molecule has 0 aliphatic carbocycles. The van der Waals surface area contributed by atoms with Crippen molar-refractivity contribution in [3.63, 3.8) is 0 Å². The van der Waals surface area contributed by atoms with Crippen molar-refractivity contribution < 1.29 is 9.90 Å². The van der Waals surface area contributed by atoms with E-state index >= 15 is 0 Å². The highest BCUT2D eigenvalue weighted by atomic mass is 16.3. The van der Waals surface area contributed by atoms with Gasteiger partial charge in [0.05, 0.1) is 0 Å². The summed E-state index contributed by atoms with van der Waals surface area (Å²) in [7, 11) is 0. The largest absolute Gasteiger partial charge is 0.508 e. The maximum absolute atomic E-state index is 11.2. The molecule has 0 atom stereocenters. The molecule has 1 N–H and O–H groups in total. The highest BCUT2D eigenvalue weighted by molar-refractivity contribution is 5.94. The van der Waals surface area contributed by atoms with Gasteiger partial charge in [0.2, 0.25) is 0 Å². The van der Waals surface area contributed by atoms with Crippen LogP contribution in [0.5, 0.6) is 5.75 Å². The first kappa shape index (κ1) is 14.4. The molecule has 88 valence electrons. The molecule has 2 heteroatoms. The number of rotatable bonds is 3. The Morgan fingerprint density at radius 3 is 2.12 bits per heavy atom. The summed E-state index contributed by atoms with van der Waals surface area (Å²) in [6.45, 7) is 7.73. The molecule has 0 aromatic heterocycles. The average Bonchev–Trinajstić information content (AvgIpc) is 2.30. The molecular formula is C14H20O2. The third-order valence-corrected chi connectivity index (χ3v) is 1.90. The summed E-state index contributed by atoms with van der Waals surface area (Å²) >= 11 is 0. The summed E-state index contributed by atoms with van der Waals surface area (Å²) in [5.41, 5.74) is 0.914. The number of benzene rings is 1. The van der Waals surface area contributed by atoms with E-state index in [0.29, 0.717) is 0 Å². The van der Waals surface area contributed by atoms with Crippen LogP contribution in [0.4, 0.5) is 0 Å². The molecule has 0 saturated carbocycles. The van der Waals surface area contributed by atoms with E-state index in [-0.39, 0.29) is 17.5 Å².